The van der Waals surface area contributed by atoms with Crippen molar-refractivity contribution in [2.45, 2.75) is 25.1 Å². The number of hydrogen-bond acceptors (Lipinski definition) is 7. The number of nitrogens with zero attached hydrogens (tertiary/aromatic N) is 3. The maximum Gasteiger partial charge on any atom is 0.245 e. The van der Waals surface area contributed by atoms with Crippen molar-refractivity contribution >= 4 is 63.1 Å². The van der Waals surface area contributed by atoms with E-state index in [0.29, 0.717) is 15.0 Å². The van der Waals surface area contributed by atoms with Crippen molar-refractivity contribution in [1.82, 2.24) is 0 Å². The fourth-order valence-corrected chi connectivity index (χ4v) is 6.48. The first-order valence-electron chi connectivity index (χ1n) is 8.94. The molecule has 2 aliphatic rings. The first kappa shape index (κ1) is 20.1. The monoisotopic (exact) mass is 443 g/mol. The largest absolute Gasteiger partial charge is 0.301 e. The Balaban J connectivity index is 1.93. The Hall–Kier alpha value is -2.22. The van der Waals surface area contributed by atoms with Crippen LogP contribution in [-0.4, -0.2) is 20.9 Å². The number of carbonyl (C=O) groups is 2. The molecule has 0 radical (unpaired) electrons. The second-order valence-corrected chi connectivity index (χ2v) is 9.68. The van der Waals surface area contributed by atoms with Gasteiger partial charge < -0.3 is 4.90 Å². The topological polar surface area (TPSA) is 53.0 Å². The lowest BCUT2D eigenvalue weighted by atomic mass is 10.2. The van der Waals surface area contributed by atoms with E-state index in [-0.39, 0.29) is 11.6 Å². The maximum atomic E-state index is 12.4. The molecule has 1 unspecified atom stereocenters. The summed E-state index contributed by atoms with van der Waals surface area (Å²) in [5.41, 5.74) is 2.48. The minimum atomic E-state index is -0.877. The highest BCUT2D eigenvalue weighted by Crippen LogP contribution is 2.60. The van der Waals surface area contributed by atoms with Gasteiger partial charge in [-0.1, -0.05) is 47.6 Å². The van der Waals surface area contributed by atoms with Crippen molar-refractivity contribution in [3.8, 4) is 0 Å². The normalized spacial score (nSPS) is 21.2. The third-order valence-electron chi connectivity index (χ3n) is 4.56. The van der Waals surface area contributed by atoms with Gasteiger partial charge in [-0.25, -0.2) is 5.01 Å². The number of ketones is 2. The molecule has 0 aliphatic carbocycles. The third-order valence-corrected chi connectivity index (χ3v) is 7.89. The summed E-state index contributed by atoms with van der Waals surface area (Å²) in [6, 6.07) is 17.1. The van der Waals surface area contributed by atoms with Crippen molar-refractivity contribution in [1.29, 1.82) is 0 Å². The van der Waals surface area contributed by atoms with E-state index in [9.17, 15) is 9.59 Å². The number of Topliss-reactive ketones (excluding diaryl/α,β-unsaturated/α-hetero) is 2. The molecule has 29 heavy (non-hydrogen) atoms. The standard InChI is InChI=1S/C21H18ClN3O2S2/c1-13-19(14(2)26)28-21(24(13)17-9-5-4-6-10-17)25(23-20(29-21)15(3)27)18-11-7-8-16(22)12-18/h4-12H,1-3H3. The molecule has 0 saturated heterocycles. The zero-order valence-corrected chi connectivity index (χ0v) is 18.4. The maximum absolute atomic E-state index is 12.4. The highest BCUT2D eigenvalue weighted by Gasteiger charge is 2.57. The SMILES string of the molecule is CC(=O)C1=NN(c2cccc(Cl)c2)C2(S1)SC(C(C)=O)=C(C)N2c1ccccc1. The number of halogens is 1. The number of carbonyl (C=O) groups excluding carboxylic acids is 2. The minimum Gasteiger partial charge on any atom is -0.301 e. The Labute approximate surface area is 182 Å². The number of thioether (sulfide) groups is 2. The van der Waals surface area contributed by atoms with E-state index in [1.54, 1.807) is 24.1 Å². The minimum absolute atomic E-state index is 0.0202. The number of anilines is 2. The highest BCUT2D eigenvalue weighted by molar-refractivity contribution is 8.29. The summed E-state index contributed by atoms with van der Waals surface area (Å²) < 4.78 is -0.877. The summed E-state index contributed by atoms with van der Waals surface area (Å²) in [4.78, 5) is 27.4. The van der Waals surface area contributed by atoms with Crippen molar-refractivity contribution in [2.24, 2.45) is 5.10 Å². The Morgan fingerprint density at radius 3 is 2.28 bits per heavy atom. The molecule has 2 aromatic rings. The molecule has 1 atom stereocenters. The molecule has 0 amide bonds. The highest BCUT2D eigenvalue weighted by atomic mass is 35.5. The lowest BCUT2D eigenvalue weighted by molar-refractivity contribution is -0.113. The number of para-hydroxylation sites is 1. The van der Waals surface area contributed by atoms with Gasteiger partial charge in [0.25, 0.3) is 0 Å². The number of benzene rings is 2. The van der Waals surface area contributed by atoms with Crippen LogP contribution in [-0.2, 0) is 9.59 Å². The van der Waals surface area contributed by atoms with Gasteiger partial charge in [0.15, 0.2) is 16.6 Å². The summed E-state index contributed by atoms with van der Waals surface area (Å²) >= 11 is 8.99. The molecule has 148 valence electrons. The lowest BCUT2D eigenvalue weighted by Gasteiger charge is -2.41. The first-order valence-corrected chi connectivity index (χ1v) is 10.9. The van der Waals surface area contributed by atoms with Gasteiger partial charge >= 0.3 is 0 Å². The molecule has 4 rings (SSSR count). The van der Waals surface area contributed by atoms with Crippen LogP contribution < -0.4 is 9.91 Å². The zero-order valence-electron chi connectivity index (χ0n) is 16.0. The van der Waals surface area contributed by atoms with Gasteiger partial charge in [0, 0.05) is 23.3 Å². The smallest absolute Gasteiger partial charge is 0.245 e. The van der Waals surface area contributed by atoms with Crippen molar-refractivity contribution in [3.05, 3.63) is 70.2 Å². The summed E-state index contributed by atoms with van der Waals surface area (Å²) in [5, 5.41) is 7.39. The van der Waals surface area contributed by atoms with Crippen LogP contribution in [0, 0.1) is 0 Å². The van der Waals surface area contributed by atoms with Gasteiger partial charge in [-0.3, -0.25) is 9.59 Å². The van der Waals surface area contributed by atoms with Crippen LogP contribution >= 0.6 is 35.1 Å². The quantitative estimate of drug-likeness (QED) is 0.623. The Morgan fingerprint density at radius 2 is 1.66 bits per heavy atom. The average molecular weight is 444 g/mol. The summed E-state index contributed by atoms with van der Waals surface area (Å²) in [7, 11) is 0. The van der Waals surface area contributed by atoms with Gasteiger partial charge in [0.1, 0.15) is 0 Å². The van der Waals surface area contributed by atoms with Crippen molar-refractivity contribution in [3.63, 3.8) is 0 Å². The summed E-state index contributed by atoms with van der Waals surface area (Å²) in [6.45, 7) is 4.98. The van der Waals surface area contributed by atoms with E-state index in [2.05, 4.69) is 10.0 Å². The van der Waals surface area contributed by atoms with Gasteiger partial charge in [-0.2, -0.15) is 5.10 Å². The molecule has 8 heteroatoms. The summed E-state index contributed by atoms with van der Waals surface area (Å²) in [5.74, 6) is -0.144. The number of allylic oxidation sites excluding steroid dienone is 2. The first-order chi connectivity index (χ1) is 13.8. The molecular formula is C21H18ClN3O2S2. The van der Waals surface area contributed by atoms with Crippen molar-refractivity contribution in [2.75, 3.05) is 9.91 Å². The molecular weight excluding hydrogens is 426 g/mol. The predicted octanol–water partition coefficient (Wildman–Crippen LogP) is 5.48. The van der Waals surface area contributed by atoms with E-state index in [4.69, 9.17) is 11.6 Å². The van der Waals surface area contributed by atoms with Gasteiger partial charge in [0.05, 0.1) is 10.6 Å². The van der Waals surface area contributed by atoms with Crippen LogP contribution in [0.5, 0.6) is 0 Å². The molecule has 0 aromatic heterocycles. The molecule has 1 spiro atoms. The number of rotatable bonds is 4. The predicted molar refractivity (Wildman–Crippen MR) is 122 cm³/mol. The number of hydrazone groups is 1. The van der Waals surface area contributed by atoms with Crippen LogP contribution in [0.4, 0.5) is 11.4 Å². The van der Waals surface area contributed by atoms with Crippen LogP contribution in [0.3, 0.4) is 0 Å². The Kier molecular flexibility index (Phi) is 5.23. The van der Waals surface area contributed by atoms with E-state index in [1.165, 1.54) is 30.4 Å². The molecule has 0 bridgehead atoms. The van der Waals surface area contributed by atoms with Crippen LogP contribution in [0.15, 0.2) is 70.3 Å². The Morgan fingerprint density at radius 1 is 0.966 bits per heavy atom. The zero-order chi connectivity index (χ0) is 20.8. The summed E-state index contributed by atoms with van der Waals surface area (Å²) in [6.07, 6.45) is 0. The van der Waals surface area contributed by atoms with E-state index in [1.807, 2.05) is 49.4 Å². The fraction of sp³-hybridized carbons (Fsp3) is 0.190. The van der Waals surface area contributed by atoms with Crippen LogP contribution in [0.25, 0.3) is 0 Å². The van der Waals surface area contributed by atoms with Crippen molar-refractivity contribution < 1.29 is 9.59 Å². The van der Waals surface area contributed by atoms with E-state index < -0.39 is 4.33 Å². The Bertz CT molecular complexity index is 1070. The number of hydrogen-bond donors (Lipinski definition) is 0. The molecule has 2 aromatic carbocycles. The van der Waals surface area contributed by atoms with Gasteiger partial charge in [-0.05, 0) is 55.9 Å². The van der Waals surface area contributed by atoms with Gasteiger partial charge in [0.2, 0.25) is 4.33 Å². The molecule has 5 nitrogen and oxygen atoms in total. The van der Waals surface area contributed by atoms with Gasteiger partial charge in [-0.15, -0.1) is 0 Å². The van der Waals surface area contributed by atoms with Crippen LogP contribution in [0.2, 0.25) is 5.02 Å². The average Bonchev–Trinajstić information content (AvgIpc) is 3.21. The second kappa shape index (κ2) is 7.55. The molecule has 0 fully saturated rings. The molecule has 2 heterocycles. The van der Waals surface area contributed by atoms with E-state index >= 15 is 0 Å². The molecule has 0 N–H and O–H groups in total. The lowest BCUT2D eigenvalue weighted by Crippen LogP contribution is -2.49. The van der Waals surface area contributed by atoms with Crippen LogP contribution in [0.1, 0.15) is 20.8 Å². The van der Waals surface area contributed by atoms with E-state index in [0.717, 1.165) is 17.1 Å². The molecule has 0 saturated carbocycles. The fourth-order valence-electron chi connectivity index (χ4n) is 3.35. The molecule has 2 aliphatic heterocycles. The second-order valence-electron chi connectivity index (χ2n) is 6.65. The third kappa shape index (κ3) is 3.37.